The number of anilines is 1. The number of nitrogen functional groups attached to an aromatic ring is 1. The fourth-order valence-electron chi connectivity index (χ4n) is 3.28. The van der Waals surface area contributed by atoms with Crippen LogP contribution < -0.4 is 11.1 Å². The van der Waals surface area contributed by atoms with Crippen LogP contribution in [0.3, 0.4) is 0 Å². The first-order valence-corrected chi connectivity index (χ1v) is 7.55. The van der Waals surface area contributed by atoms with Gasteiger partial charge >= 0.3 is 0 Å². The Kier molecular flexibility index (Phi) is 2.87. The Morgan fingerprint density at radius 2 is 2.00 bits per heavy atom. The normalized spacial score (nSPS) is 18.6. The predicted molar refractivity (Wildman–Crippen MR) is 87.8 cm³/mol. The van der Waals surface area contributed by atoms with Crippen LogP contribution in [0.1, 0.15) is 24.4 Å². The van der Waals surface area contributed by atoms with Crippen molar-refractivity contribution in [2.75, 3.05) is 5.73 Å². The van der Waals surface area contributed by atoms with Gasteiger partial charge in [-0.3, -0.25) is 14.9 Å². The molecule has 1 aliphatic heterocycles. The van der Waals surface area contributed by atoms with Crippen molar-refractivity contribution in [2.45, 2.75) is 25.8 Å². The molecule has 0 aliphatic carbocycles. The molecule has 1 saturated heterocycles. The lowest BCUT2D eigenvalue weighted by atomic mass is 10.1. The zero-order valence-corrected chi connectivity index (χ0v) is 12.7. The number of benzene rings is 1. The summed E-state index contributed by atoms with van der Waals surface area (Å²) in [5, 5.41) is 4.41. The minimum Gasteiger partial charge on any atom is -0.384 e. The molecular formula is C17H16N4O2. The van der Waals surface area contributed by atoms with Gasteiger partial charge in [-0.15, -0.1) is 0 Å². The highest BCUT2D eigenvalue weighted by molar-refractivity contribution is 6.09. The predicted octanol–water partition coefficient (Wildman–Crippen LogP) is 2.06. The molecule has 0 saturated carbocycles. The molecule has 0 radical (unpaired) electrons. The number of amides is 2. The summed E-state index contributed by atoms with van der Waals surface area (Å²) < 4.78 is 1.91. The molecule has 0 bridgehead atoms. The van der Waals surface area contributed by atoms with Crippen LogP contribution in [0.4, 0.5) is 5.82 Å². The lowest BCUT2D eigenvalue weighted by Gasteiger charge is -2.23. The van der Waals surface area contributed by atoms with E-state index < -0.39 is 6.04 Å². The smallest absolute Gasteiger partial charge is 0.249 e. The van der Waals surface area contributed by atoms with Gasteiger partial charge < -0.3 is 10.3 Å². The van der Waals surface area contributed by atoms with Crippen molar-refractivity contribution in [2.24, 2.45) is 0 Å². The minimum atomic E-state index is -0.455. The molecule has 1 unspecified atom stereocenters. The number of fused-ring (bicyclic) bond motifs is 3. The van der Waals surface area contributed by atoms with Crippen molar-refractivity contribution < 1.29 is 9.59 Å². The molecule has 3 N–H and O–H groups in total. The number of aryl methyl sites for hydroxylation is 1. The number of carbonyl (C=O) groups is 2. The van der Waals surface area contributed by atoms with Crippen LogP contribution in [0.25, 0.3) is 21.9 Å². The Morgan fingerprint density at radius 3 is 2.78 bits per heavy atom. The van der Waals surface area contributed by atoms with Gasteiger partial charge in [0.2, 0.25) is 11.8 Å². The molecule has 1 aliphatic rings. The largest absolute Gasteiger partial charge is 0.384 e. The van der Waals surface area contributed by atoms with Crippen molar-refractivity contribution in [3.63, 3.8) is 0 Å². The molecular weight excluding hydrogens is 292 g/mol. The van der Waals surface area contributed by atoms with E-state index in [9.17, 15) is 9.59 Å². The number of piperidine rings is 1. The molecule has 116 valence electrons. The molecule has 2 aromatic heterocycles. The van der Waals surface area contributed by atoms with E-state index in [1.165, 1.54) is 0 Å². The molecule has 4 rings (SSSR count). The topological polar surface area (TPSA) is 90.0 Å². The first-order chi connectivity index (χ1) is 11.0. The Labute approximate surface area is 132 Å². The van der Waals surface area contributed by atoms with Crippen molar-refractivity contribution in [3.05, 3.63) is 35.9 Å². The maximum Gasteiger partial charge on any atom is 0.249 e. The van der Waals surface area contributed by atoms with Gasteiger partial charge in [0, 0.05) is 17.2 Å². The number of imide groups is 1. The van der Waals surface area contributed by atoms with Crippen LogP contribution in [0.15, 0.2) is 30.3 Å². The number of pyridine rings is 1. The minimum absolute atomic E-state index is 0.226. The third-order valence-corrected chi connectivity index (χ3v) is 4.35. The fraction of sp³-hybridized carbons (Fsp3) is 0.235. The third-order valence-electron chi connectivity index (χ3n) is 4.35. The van der Waals surface area contributed by atoms with E-state index in [1.54, 1.807) is 6.07 Å². The summed E-state index contributed by atoms with van der Waals surface area (Å²) in [6.45, 7) is 2.01. The lowest BCUT2D eigenvalue weighted by Crippen LogP contribution is -2.41. The van der Waals surface area contributed by atoms with Gasteiger partial charge in [-0.1, -0.05) is 12.1 Å². The molecule has 1 aromatic carbocycles. The maximum absolute atomic E-state index is 12.3. The summed E-state index contributed by atoms with van der Waals surface area (Å²) in [6.07, 6.45) is 0.791. The quantitative estimate of drug-likeness (QED) is 0.673. The number of nitrogens with two attached hydrogens (primary N) is 1. The maximum atomic E-state index is 12.3. The standard InChI is InChI=1S/C17H16N4O2/c1-9-2-3-10-11-4-6-14(18)19-16(11)21(13(10)8-9)12-5-7-15(22)20-17(12)23/h2-4,6,8,12H,5,7H2,1H3,(H2,18,19)(H,20,22,23). The van der Waals surface area contributed by atoms with Crippen LogP contribution in [-0.2, 0) is 9.59 Å². The van der Waals surface area contributed by atoms with E-state index in [1.807, 2.05) is 35.8 Å². The number of hydrogen-bond acceptors (Lipinski definition) is 4. The second-order valence-corrected chi connectivity index (χ2v) is 5.96. The van der Waals surface area contributed by atoms with E-state index in [4.69, 9.17) is 5.73 Å². The van der Waals surface area contributed by atoms with Gasteiger partial charge in [0.25, 0.3) is 0 Å². The second-order valence-electron chi connectivity index (χ2n) is 5.96. The first kappa shape index (κ1) is 13.8. The summed E-state index contributed by atoms with van der Waals surface area (Å²) >= 11 is 0. The number of nitrogens with zero attached hydrogens (tertiary/aromatic N) is 2. The van der Waals surface area contributed by atoms with E-state index in [0.717, 1.165) is 21.9 Å². The van der Waals surface area contributed by atoms with Gasteiger partial charge in [0.15, 0.2) is 0 Å². The Balaban J connectivity index is 2.05. The molecule has 1 fully saturated rings. The molecule has 0 spiro atoms. The van der Waals surface area contributed by atoms with Gasteiger partial charge in [-0.05, 0) is 37.1 Å². The SMILES string of the molecule is Cc1ccc2c3ccc(N)nc3n(C3CCC(=O)NC3=O)c2c1. The van der Waals surface area contributed by atoms with Gasteiger partial charge in [0.05, 0.1) is 5.52 Å². The first-order valence-electron chi connectivity index (χ1n) is 7.55. The molecule has 6 nitrogen and oxygen atoms in total. The average Bonchev–Trinajstić information content (AvgIpc) is 2.80. The summed E-state index contributed by atoms with van der Waals surface area (Å²) in [7, 11) is 0. The fourth-order valence-corrected chi connectivity index (χ4v) is 3.28. The number of rotatable bonds is 1. The Morgan fingerprint density at radius 1 is 1.22 bits per heavy atom. The van der Waals surface area contributed by atoms with E-state index >= 15 is 0 Å². The van der Waals surface area contributed by atoms with Crippen molar-refractivity contribution >= 4 is 39.6 Å². The average molecular weight is 308 g/mol. The highest BCUT2D eigenvalue weighted by Gasteiger charge is 2.30. The molecule has 3 heterocycles. The molecule has 2 amide bonds. The van der Waals surface area contributed by atoms with Crippen molar-refractivity contribution in [1.82, 2.24) is 14.9 Å². The van der Waals surface area contributed by atoms with Crippen LogP contribution in [0, 0.1) is 6.92 Å². The molecule has 3 aromatic rings. The number of carbonyl (C=O) groups excluding carboxylic acids is 2. The van der Waals surface area contributed by atoms with Crippen LogP contribution >= 0.6 is 0 Å². The van der Waals surface area contributed by atoms with Gasteiger partial charge in [-0.2, -0.15) is 0 Å². The summed E-state index contributed by atoms with van der Waals surface area (Å²) in [4.78, 5) is 28.2. The van der Waals surface area contributed by atoms with Crippen LogP contribution in [0.2, 0.25) is 0 Å². The monoisotopic (exact) mass is 308 g/mol. The number of hydrogen-bond donors (Lipinski definition) is 2. The summed E-state index contributed by atoms with van der Waals surface area (Å²) in [5.41, 5.74) is 8.57. The lowest BCUT2D eigenvalue weighted by molar-refractivity contribution is -0.135. The van der Waals surface area contributed by atoms with E-state index in [2.05, 4.69) is 10.3 Å². The third kappa shape index (κ3) is 2.06. The zero-order valence-electron chi connectivity index (χ0n) is 12.7. The van der Waals surface area contributed by atoms with Crippen LogP contribution in [-0.4, -0.2) is 21.4 Å². The van der Waals surface area contributed by atoms with Crippen molar-refractivity contribution in [3.8, 4) is 0 Å². The second kappa shape index (κ2) is 4.81. The van der Waals surface area contributed by atoms with Gasteiger partial charge in [0.1, 0.15) is 17.5 Å². The van der Waals surface area contributed by atoms with Gasteiger partial charge in [-0.25, -0.2) is 4.98 Å². The number of nitrogens with one attached hydrogen (secondary N) is 1. The zero-order chi connectivity index (χ0) is 16.1. The summed E-state index contributed by atoms with van der Waals surface area (Å²) in [6, 6.07) is 9.34. The van der Waals surface area contributed by atoms with Crippen LogP contribution in [0.5, 0.6) is 0 Å². The Bertz CT molecular complexity index is 914. The highest BCUT2D eigenvalue weighted by Crippen LogP contribution is 2.34. The van der Waals surface area contributed by atoms with E-state index in [0.29, 0.717) is 24.3 Å². The summed E-state index contributed by atoms with van der Waals surface area (Å²) in [5.74, 6) is -0.105. The highest BCUT2D eigenvalue weighted by atomic mass is 16.2. The van der Waals surface area contributed by atoms with E-state index in [-0.39, 0.29) is 11.8 Å². The molecule has 1 atom stereocenters. The van der Waals surface area contributed by atoms with Crippen molar-refractivity contribution in [1.29, 1.82) is 0 Å². The molecule has 23 heavy (non-hydrogen) atoms. The molecule has 6 heteroatoms. The number of aromatic nitrogens is 2. The Hall–Kier alpha value is -2.89.